The highest BCUT2D eigenvalue weighted by Gasteiger charge is 1.94. The molecule has 0 aromatic rings. The average molecular weight is 159 g/mol. The topological polar surface area (TPSA) is 30.8 Å². The smallest absolute Gasteiger partial charge is 0.383 e. The van der Waals surface area contributed by atoms with Crippen molar-refractivity contribution in [3.63, 3.8) is 0 Å². The number of rotatable bonds is 4. The Balaban J connectivity index is 3.52. The first-order valence-corrected chi connectivity index (χ1v) is 4.06. The number of unbranched alkanes of at least 4 members (excludes halogenated alkanes) is 1. The number of hydrogen-bond acceptors (Lipinski definition) is 3. The summed E-state index contributed by atoms with van der Waals surface area (Å²) in [5, 5.41) is 0. The van der Waals surface area contributed by atoms with E-state index in [1.54, 1.807) is 7.11 Å². The maximum atomic E-state index is 5.07. The summed E-state index contributed by atoms with van der Waals surface area (Å²) in [6.45, 7) is 5.44. The Morgan fingerprint density at radius 3 is 2.55 bits per heavy atom. The van der Waals surface area contributed by atoms with Crippen LogP contribution in [0.2, 0.25) is 0 Å². The molecule has 0 bridgehead atoms. The molecule has 0 N–H and O–H groups in total. The maximum absolute atomic E-state index is 5.07. The highest BCUT2D eigenvalue weighted by atomic mass is 16.7. The van der Waals surface area contributed by atoms with E-state index >= 15 is 0 Å². The third kappa shape index (κ3) is 5.70. The van der Waals surface area contributed by atoms with E-state index < -0.39 is 0 Å². The second-order valence-corrected chi connectivity index (χ2v) is 2.14. The van der Waals surface area contributed by atoms with Crippen LogP contribution in [0.15, 0.2) is 4.99 Å². The molecule has 0 saturated heterocycles. The molecule has 0 unspecified atom stereocenters. The molecule has 0 atom stereocenters. The van der Waals surface area contributed by atoms with Crippen molar-refractivity contribution < 1.29 is 9.47 Å². The minimum atomic E-state index is 0.404. The molecule has 66 valence electrons. The van der Waals surface area contributed by atoms with Crippen molar-refractivity contribution in [3.8, 4) is 0 Å². The third-order valence-corrected chi connectivity index (χ3v) is 1.20. The van der Waals surface area contributed by atoms with Gasteiger partial charge in [0.1, 0.15) is 0 Å². The summed E-state index contributed by atoms with van der Waals surface area (Å²) in [6, 6.07) is 0. The van der Waals surface area contributed by atoms with Crippen molar-refractivity contribution >= 4 is 6.08 Å². The SMILES string of the molecule is CCCCN=C(OC)OCC. The van der Waals surface area contributed by atoms with Crippen LogP contribution >= 0.6 is 0 Å². The monoisotopic (exact) mass is 159 g/mol. The van der Waals surface area contributed by atoms with Crippen molar-refractivity contribution in [1.82, 2.24) is 0 Å². The lowest BCUT2D eigenvalue weighted by atomic mass is 10.3. The first kappa shape index (κ1) is 10.3. The third-order valence-electron chi connectivity index (χ3n) is 1.20. The zero-order chi connectivity index (χ0) is 8.53. The largest absolute Gasteiger partial charge is 0.454 e. The molecular formula is C8H17NO2. The number of methoxy groups -OCH3 is 1. The van der Waals surface area contributed by atoms with Crippen molar-refractivity contribution in [1.29, 1.82) is 0 Å². The molecule has 0 aliphatic rings. The fourth-order valence-electron chi connectivity index (χ4n) is 0.621. The second-order valence-electron chi connectivity index (χ2n) is 2.14. The van der Waals surface area contributed by atoms with E-state index in [4.69, 9.17) is 9.47 Å². The molecule has 3 heteroatoms. The van der Waals surface area contributed by atoms with Crippen LogP contribution in [-0.4, -0.2) is 26.3 Å². The lowest BCUT2D eigenvalue weighted by molar-refractivity contribution is 0.206. The zero-order valence-electron chi connectivity index (χ0n) is 7.59. The molecule has 3 nitrogen and oxygen atoms in total. The molecule has 0 amide bonds. The van der Waals surface area contributed by atoms with Gasteiger partial charge in [-0.05, 0) is 13.3 Å². The van der Waals surface area contributed by atoms with Crippen LogP contribution in [-0.2, 0) is 9.47 Å². The van der Waals surface area contributed by atoms with E-state index in [2.05, 4.69) is 11.9 Å². The number of aliphatic imine (C=N–C) groups is 1. The molecule has 11 heavy (non-hydrogen) atoms. The van der Waals surface area contributed by atoms with Crippen LogP contribution in [0.5, 0.6) is 0 Å². The van der Waals surface area contributed by atoms with Gasteiger partial charge in [0.25, 0.3) is 0 Å². The van der Waals surface area contributed by atoms with Crippen molar-refractivity contribution in [2.45, 2.75) is 26.7 Å². The van der Waals surface area contributed by atoms with Crippen LogP contribution in [0, 0.1) is 0 Å². The first-order valence-electron chi connectivity index (χ1n) is 4.06. The number of hydrogen-bond donors (Lipinski definition) is 0. The summed E-state index contributed by atoms with van der Waals surface area (Å²) in [7, 11) is 1.57. The molecule has 0 saturated carbocycles. The fourth-order valence-corrected chi connectivity index (χ4v) is 0.621. The van der Waals surface area contributed by atoms with Gasteiger partial charge < -0.3 is 9.47 Å². The van der Waals surface area contributed by atoms with Crippen LogP contribution in [0.25, 0.3) is 0 Å². The molecular weight excluding hydrogens is 142 g/mol. The minimum absolute atomic E-state index is 0.404. The lowest BCUT2D eigenvalue weighted by Gasteiger charge is -2.03. The predicted molar refractivity (Wildman–Crippen MR) is 45.8 cm³/mol. The maximum Gasteiger partial charge on any atom is 0.383 e. The molecule has 0 rings (SSSR count). The molecule has 0 heterocycles. The van der Waals surface area contributed by atoms with Gasteiger partial charge in [-0.1, -0.05) is 13.3 Å². The van der Waals surface area contributed by atoms with E-state index in [1.165, 1.54) is 0 Å². The summed E-state index contributed by atoms with van der Waals surface area (Å²) in [5.41, 5.74) is 0. The van der Waals surface area contributed by atoms with Gasteiger partial charge in [-0.3, -0.25) is 0 Å². The summed E-state index contributed by atoms with van der Waals surface area (Å²) in [4.78, 5) is 4.09. The summed E-state index contributed by atoms with van der Waals surface area (Å²) >= 11 is 0. The highest BCUT2D eigenvalue weighted by Crippen LogP contribution is 1.90. The van der Waals surface area contributed by atoms with Gasteiger partial charge in [-0.25, -0.2) is 4.99 Å². The van der Waals surface area contributed by atoms with Gasteiger partial charge >= 0.3 is 6.08 Å². The van der Waals surface area contributed by atoms with Gasteiger partial charge in [0.2, 0.25) is 0 Å². The van der Waals surface area contributed by atoms with E-state index in [0.717, 1.165) is 19.4 Å². The summed E-state index contributed by atoms with van der Waals surface area (Å²) in [5.74, 6) is 0. The van der Waals surface area contributed by atoms with Crippen LogP contribution in [0.4, 0.5) is 0 Å². The summed E-state index contributed by atoms with van der Waals surface area (Å²) in [6.07, 6.45) is 2.63. The van der Waals surface area contributed by atoms with E-state index in [-0.39, 0.29) is 0 Å². The Kier molecular flexibility index (Phi) is 6.89. The average Bonchev–Trinajstić information content (AvgIpc) is 2.03. The van der Waals surface area contributed by atoms with Gasteiger partial charge in [0, 0.05) is 6.54 Å². The number of nitrogens with zero attached hydrogens (tertiary/aromatic N) is 1. The van der Waals surface area contributed by atoms with E-state index in [1.807, 2.05) is 6.92 Å². The van der Waals surface area contributed by atoms with Crippen molar-refractivity contribution in [2.75, 3.05) is 20.3 Å². The molecule has 0 spiro atoms. The number of ether oxygens (including phenoxy) is 2. The Labute approximate surface area is 68.4 Å². The lowest BCUT2D eigenvalue weighted by Crippen LogP contribution is -2.07. The fraction of sp³-hybridized carbons (Fsp3) is 0.875. The molecule has 0 aromatic carbocycles. The quantitative estimate of drug-likeness (QED) is 0.356. The Hall–Kier alpha value is -0.730. The Morgan fingerprint density at radius 1 is 1.36 bits per heavy atom. The summed E-state index contributed by atoms with van der Waals surface area (Å²) < 4.78 is 9.93. The van der Waals surface area contributed by atoms with Gasteiger partial charge in [-0.15, -0.1) is 0 Å². The normalized spacial score (nSPS) is 11.4. The first-order chi connectivity index (χ1) is 5.35. The highest BCUT2D eigenvalue weighted by molar-refractivity contribution is 5.66. The Morgan fingerprint density at radius 2 is 2.09 bits per heavy atom. The molecule has 0 aliphatic carbocycles. The standard InChI is InChI=1S/C8H17NO2/c1-4-6-7-9-8(10-3)11-5-2/h4-7H2,1-3H3. The molecule has 0 aromatic heterocycles. The Bertz CT molecular complexity index is 113. The predicted octanol–water partition coefficient (Wildman–Crippen LogP) is 1.83. The van der Waals surface area contributed by atoms with Crippen LogP contribution < -0.4 is 0 Å². The molecule has 0 aliphatic heterocycles. The molecule has 0 radical (unpaired) electrons. The van der Waals surface area contributed by atoms with Gasteiger partial charge in [0.05, 0.1) is 13.7 Å². The second kappa shape index (κ2) is 7.38. The van der Waals surface area contributed by atoms with Gasteiger partial charge in [0.15, 0.2) is 0 Å². The zero-order valence-corrected chi connectivity index (χ0v) is 7.59. The molecule has 0 fully saturated rings. The van der Waals surface area contributed by atoms with E-state index in [0.29, 0.717) is 12.7 Å². The minimum Gasteiger partial charge on any atom is -0.454 e. The van der Waals surface area contributed by atoms with Crippen LogP contribution in [0.3, 0.4) is 0 Å². The van der Waals surface area contributed by atoms with Crippen molar-refractivity contribution in [3.05, 3.63) is 0 Å². The van der Waals surface area contributed by atoms with Gasteiger partial charge in [-0.2, -0.15) is 0 Å². The van der Waals surface area contributed by atoms with Crippen molar-refractivity contribution in [2.24, 2.45) is 4.99 Å². The van der Waals surface area contributed by atoms with Crippen LogP contribution in [0.1, 0.15) is 26.7 Å². The van der Waals surface area contributed by atoms with E-state index in [9.17, 15) is 0 Å².